The summed E-state index contributed by atoms with van der Waals surface area (Å²) in [4.78, 5) is 46.9. The van der Waals surface area contributed by atoms with Gasteiger partial charge in [0.25, 0.3) is 0 Å². The highest BCUT2D eigenvalue weighted by Gasteiger charge is 2.52. The van der Waals surface area contributed by atoms with Crippen molar-refractivity contribution in [3.63, 3.8) is 0 Å². The molecule has 0 N–H and O–H groups in total. The molecule has 39 heavy (non-hydrogen) atoms. The van der Waals surface area contributed by atoms with E-state index in [4.69, 9.17) is 9.47 Å². The summed E-state index contributed by atoms with van der Waals surface area (Å²) in [6.07, 6.45) is 1.05. The fourth-order valence-corrected chi connectivity index (χ4v) is 4.81. The van der Waals surface area contributed by atoms with Gasteiger partial charge in [0.05, 0.1) is 17.7 Å². The minimum absolute atomic E-state index is 0.0807. The molecule has 1 aliphatic heterocycles. The van der Waals surface area contributed by atoms with Crippen molar-refractivity contribution >= 4 is 17.8 Å². The molecule has 3 atom stereocenters. The van der Waals surface area contributed by atoms with Crippen molar-refractivity contribution in [3.8, 4) is 0 Å². The van der Waals surface area contributed by atoms with Gasteiger partial charge in [-0.25, -0.2) is 18.6 Å². The number of nitrogens with zero attached hydrogens (tertiary/aromatic N) is 4. The number of amides is 1. The zero-order chi connectivity index (χ0) is 28.9. The Morgan fingerprint density at radius 2 is 1.62 bits per heavy atom. The fraction of sp³-hybridized carbons (Fsp3) is 0.464. The summed E-state index contributed by atoms with van der Waals surface area (Å²) in [6.45, 7) is 10.0. The van der Waals surface area contributed by atoms with Crippen LogP contribution < -0.4 is 0 Å². The van der Waals surface area contributed by atoms with Gasteiger partial charge in [-0.05, 0) is 65.3 Å². The van der Waals surface area contributed by atoms with Crippen molar-refractivity contribution in [2.75, 3.05) is 0 Å². The summed E-state index contributed by atoms with van der Waals surface area (Å²) in [5.41, 5.74) is -1.67. The third-order valence-electron chi connectivity index (χ3n) is 6.24. The second kappa shape index (κ2) is 10.0. The first-order chi connectivity index (χ1) is 18.1. The molecular formula is C28H32F2N4O5. The third-order valence-corrected chi connectivity index (χ3v) is 6.24. The van der Waals surface area contributed by atoms with Crippen LogP contribution >= 0.6 is 0 Å². The number of benzene rings is 1. The van der Waals surface area contributed by atoms with Crippen molar-refractivity contribution in [2.45, 2.75) is 71.1 Å². The monoisotopic (exact) mass is 542 g/mol. The number of hydrogen-bond donors (Lipinski definition) is 0. The van der Waals surface area contributed by atoms with Gasteiger partial charge in [0, 0.05) is 19.0 Å². The van der Waals surface area contributed by atoms with Gasteiger partial charge in [-0.15, -0.1) is 0 Å². The van der Waals surface area contributed by atoms with E-state index in [0.717, 1.165) is 11.0 Å². The Labute approximate surface area is 225 Å². The Morgan fingerprint density at radius 1 is 1.00 bits per heavy atom. The molecule has 0 bridgehead atoms. The number of carbonyl (C=O) groups is 3. The average molecular weight is 543 g/mol. The number of halogens is 2. The molecule has 1 aromatic heterocycles. The van der Waals surface area contributed by atoms with Crippen LogP contribution in [-0.4, -0.2) is 48.7 Å². The number of aromatic nitrogens is 3. The first-order valence-electron chi connectivity index (χ1n) is 12.6. The minimum atomic E-state index is -1.31. The van der Waals surface area contributed by atoms with Gasteiger partial charge in [-0.1, -0.05) is 12.1 Å². The quantitative estimate of drug-likeness (QED) is 0.499. The van der Waals surface area contributed by atoms with Crippen molar-refractivity contribution in [1.82, 2.24) is 19.7 Å². The predicted octanol–water partition coefficient (Wildman–Crippen LogP) is 5.07. The number of Topliss-reactive ketones (excluding diaryl/α,β-unsaturated/α-hetero) is 1. The molecular weight excluding hydrogens is 510 g/mol. The molecule has 208 valence electrons. The Morgan fingerprint density at radius 3 is 2.15 bits per heavy atom. The van der Waals surface area contributed by atoms with E-state index in [0.29, 0.717) is 5.56 Å². The number of esters is 1. The predicted molar refractivity (Wildman–Crippen MR) is 136 cm³/mol. The lowest BCUT2D eigenvalue weighted by Gasteiger charge is -2.44. The van der Waals surface area contributed by atoms with E-state index in [1.165, 1.54) is 35.3 Å². The molecule has 2 aromatic rings. The molecule has 0 saturated carbocycles. The minimum Gasteiger partial charge on any atom is -0.459 e. The first kappa shape index (κ1) is 28.1. The lowest BCUT2D eigenvalue weighted by atomic mass is 9.74. The lowest BCUT2D eigenvalue weighted by molar-refractivity contribution is -0.159. The molecule has 0 radical (unpaired) electrons. The van der Waals surface area contributed by atoms with Crippen LogP contribution in [-0.2, 0) is 26.1 Å². The number of ketones is 1. The van der Waals surface area contributed by atoms with Gasteiger partial charge < -0.3 is 9.47 Å². The molecule has 2 heterocycles. The van der Waals surface area contributed by atoms with Crippen LogP contribution in [0, 0.1) is 11.7 Å². The van der Waals surface area contributed by atoms with E-state index in [9.17, 15) is 18.8 Å². The summed E-state index contributed by atoms with van der Waals surface area (Å²) in [6, 6.07) is 4.16. The maximum Gasteiger partial charge on any atom is 0.415 e. The lowest BCUT2D eigenvalue weighted by Crippen LogP contribution is -2.49. The number of carbonyl (C=O) groups excluding carboxylic acids is 3. The summed E-state index contributed by atoms with van der Waals surface area (Å²) in [7, 11) is 1.59. The number of rotatable bonds is 3. The largest absolute Gasteiger partial charge is 0.459 e. The van der Waals surface area contributed by atoms with Crippen LogP contribution in [0.3, 0.4) is 0 Å². The standard InChI is InChI=1S/C28H32F2N4O5/c1-27(2,3)38-25(36)18-12-17(30)13-19-20(18)23(35)21(24-31-14-32-33(24)7)22(15-8-10-16(29)11-9-15)34(19)26(37)39-28(4,5)6/h8-11,13-14,18,21-22H,12H2,1-7H3. The van der Waals surface area contributed by atoms with Crippen molar-refractivity contribution in [1.29, 1.82) is 0 Å². The molecule has 11 heteroatoms. The molecule has 1 aliphatic carbocycles. The number of hydrogen-bond acceptors (Lipinski definition) is 7. The first-order valence-corrected chi connectivity index (χ1v) is 12.6. The Balaban J connectivity index is 2.01. The molecule has 3 unspecified atom stereocenters. The Hall–Kier alpha value is -3.89. The van der Waals surface area contributed by atoms with Crippen molar-refractivity contribution < 1.29 is 32.6 Å². The Bertz CT molecular complexity index is 1370. The van der Waals surface area contributed by atoms with E-state index in [1.54, 1.807) is 48.6 Å². The summed E-state index contributed by atoms with van der Waals surface area (Å²) in [5, 5.41) is 4.10. The molecule has 1 aromatic carbocycles. The molecule has 0 spiro atoms. The summed E-state index contributed by atoms with van der Waals surface area (Å²) >= 11 is 0. The zero-order valence-electron chi connectivity index (χ0n) is 23.0. The molecule has 2 aliphatic rings. The highest BCUT2D eigenvalue weighted by Crippen LogP contribution is 2.49. The van der Waals surface area contributed by atoms with Crippen LogP contribution in [0.25, 0.3) is 0 Å². The number of aryl methyl sites for hydroxylation is 1. The summed E-state index contributed by atoms with van der Waals surface area (Å²) in [5.74, 6) is -4.86. The number of allylic oxidation sites excluding steroid dienone is 2. The van der Waals surface area contributed by atoms with Crippen LogP contribution in [0.2, 0.25) is 0 Å². The topological polar surface area (TPSA) is 104 Å². The van der Waals surface area contributed by atoms with E-state index < -0.39 is 65.0 Å². The van der Waals surface area contributed by atoms with E-state index >= 15 is 4.39 Å². The highest BCUT2D eigenvalue weighted by atomic mass is 19.1. The fourth-order valence-electron chi connectivity index (χ4n) is 4.81. The van der Waals surface area contributed by atoms with Gasteiger partial charge in [-0.3, -0.25) is 19.2 Å². The second-order valence-electron chi connectivity index (χ2n) is 11.6. The van der Waals surface area contributed by atoms with Gasteiger partial charge in [0.15, 0.2) is 5.78 Å². The summed E-state index contributed by atoms with van der Waals surface area (Å²) < 4.78 is 41.7. The van der Waals surface area contributed by atoms with Crippen LogP contribution in [0.1, 0.15) is 71.3 Å². The van der Waals surface area contributed by atoms with E-state index in [1.807, 2.05) is 0 Å². The van der Waals surface area contributed by atoms with Gasteiger partial charge in [-0.2, -0.15) is 5.10 Å². The van der Waals surface area contributed by atoms with Crippen molar-refractivity contribution in [3.05, 3.63) is 71.0 Å². The van der Waals surface area contributed by atoms with Gasteiger partial charge in [0.2, 0.25) is 0 Å². The van der Waals surface area contributed by atoms with Crippen LogP contribution in [0.15, 0.2) is 53.8 Å². The molecule has 1 amide bonds. The molecule has 4 rings (SSSR count). The smallest absolute Gasteiger partial charge is 0.415 e. The molecule has 0 saturated heterocycles. The maximum atomic E-state index is 15.2. The molecule has 0 fully saturated rings. The van der Waals surface area contributed by atoms with Gasteiger partial charge in [0.1, 0.15) is 40.9 Å². The molecule has 9 nitrogen and oxygen atoms in total. The normalized spacial score (nSPS) is 21.9. The van der Waals surface area contributed by atoms with E-state index in [2.05, 4.69) is 10.1 Å². The second-order valence-corrected chi connectivity index (χ2v) is 11.6. The SMILES string of the molecule is Cn1ncnc1C1C(=O)C2=C(C=C(F)CC2C(=O)OC(C)(C)C)N(C(=O)OC(C)(C)C)C1c1ccc(F)cc1. The van der Waals surface area contributed by atoms with Crippen LogP contribution in [0.5, 0.6) is 0 Å². The van der Waals surface area contributed by atoms with E-state index in [-0.39, 0.29) is 17.1 Å². The highest BCUT2D eigenvalue weighted by molar-refractivity contribution is 6.07. The van der Waals surface area contributed by atoms with Gasteiger partial charge >= 0.3 is 12.1 Å². The number of ether oxygens (including phenoxy) is 2. The van der Waals surface area contributed by atoms with Crippen LogP contribution in [0.4, 0.5) is 13.6 Å². The average Bonchev–Trinajstić information content (AvgIpc) is 3.21. The maximum absolute atomic E-state index is 15.2. The Kier molecular flexibility index (Phi) is 7.22. The van der Waals surface area contributed by atoms with Crippen molar-refractivity contribution in [2.24, 2.45) is 13.0 Å². The zero-order valence-corrected chi connectivity index (χ0v) is 23.0. The third kappa shape index (κ3) is 5.76.